The molecule has 1 fully saturated rings. The Balaban J connectivity index is 2.20. The van der Waals surface area contributed by atoms with Gasteiger partial charge in [-0.05, 0) is 37.5 Å². The van der Waals surface area contributed by atoms with Gasteiger partial charge in [-0.15, -0.1) is 0 Å². The second-order valence-corrected chi connectivity index (χ2v) is 6.61. The fourth-order valence-corrected chi connectivity index (χ4v) is 3.16. The first kappa shape index (κ1) is 16.8. The number of carbonyl (C=O) groups is 2. The van der Waals surface area contributed by atoms with E-state index in [-0.39, 0.29) is 11.8 Å². The van der Waals surface area contributed by atoms with Gasteiger partial charge < -0.3 is 11.1 Å². The van der Waals surface area contributed by atoms with Crippen LogP contribution in [0.1, 0.15) is 51.0 Å². The molecule has 1 aromatic rings. The van der Waals surface area contributed by atoms with Crippen LogP contribution in [0.3, 0.4) is 0 Å². The summed E-state index contributed by atoms with van der Waals surface area (Å²) in [4.78, 5) is 24.6. The van der Waals surface area contributed by atoms with Crippen LogP contribution in [0.15, 0.2) is 24.3 Å². The second-order valence-electron chi connectivity index (χ2n) is 6.18. The predicted octanol–water partition coefficient (Wildman–Crippen LogP) is 3.13. The van der Waals surface area contributed by atoms with E-state index in [1.165, 1.54) is 12.8 Å². The highest BCUT2D eigenvalue weighted by atomic mass is 35.5. The van der Waals surface area contributed by atoms with E-state index < -0.39 is 11.4 Å². The quantitative estimate of drug-likeness (QED) is 0.836. The van der Waals surface area contributed by atoms with Crippen molar-refractivity contribution in [2.45, 2.75) is 51.0 Å². The average molecular weight is 323 g/mol. The molecule has 3 N–H and O–H groups in total. The van der Waals surface area contributed by atoms with Crippen LogP contribution in [0.4, 0.5) is 0 Å². The summed E-state index contributed by atoms with van der Waals surface area (Å²) >= 11 is 6.00. The molecule has 5 heteroatoms. The number of nitrogens with two attached hydrogens (primary N) is 1. The number of hydrogen-bond donors (Lipinski definition) is 2. The van der Waals surface area contributed by atoms with Crippen molar-refractivity contribution in [3.63, 3.8) is 0 Å². The van der Waals surface area contributed by atoms with Crippen molar-refractivity contribution < 1.29 is 9.59 Å². The van der Waals surface area contributed by atoms with Gasteiger partial charge in [0, 0.05) is 10.9 Å². The van der Waals surface area contributed by atoms with E-state index in [1.807, 2.05) is 0 Å². The van der Waals surface area contributed by atoms with E-state index in [1.54, 1.807) is 31.2 Å². The molecule has 0 aliphatic heterocycles. The van der Waals surface area contributed by atoms with Gasteiger partial charge in [-0.1, -0.05) is 49.4 Å². The largest absolute Gasteiger partial charge is 0.367 e. The van der Waals surface area contributed by atoms with Crippen LogP contribution >= 0.6 is 11.6 Å². The Hall–Kier alpha value is -1.55. The number of halogens is 1. The number of carbonyl (C=O) groups excluding carboxylic acids is 2. The molecule has 0 bridgehead atoms. The number of rotatable bonds is 4. The molecule has 4 nitrogen and oxygen atoms in total. The van der Waals surface area contributed by atoms with E-state index in [0.29, 0.717) is 10.6 Å². The predicted molar refractivity (Wildman–Crippen MR) is 87.3 cm³/mol. The van der Waals surface area contributed by atoms with Crippen molar-refractivity contribution in [3.05, 3.63) is 34.9 Å². The summed E-state index contributed by atoms with van der Waals surface area (Å²) in [6.07, 6.45) is 6.20. The van der Waals surface area contributed by atoms with Crippen LogP contribution < -0.4 is 11.1 Å². The molecule has 0 aromatic heterocycles. The minimum absolute atomic E-state index is 0.0413. The summed E-state index contributed by atoms with van der Waals surface area (Å²) in [5.41, 5.74) is 4.93. The molecule has 1 saturated carbocycles. The smallest absolute Gasteiger partial charge is 0.247 e. The van der Waals surface area contributed by atoms with Gasteiger partial charge in [0.2, 0.25) is 11.8 Å². The maximum atomic E-state index is 12.6. The Morgan fingerprint density at radius 3 is 2.41 bits per heavy atom. The molecule has 2 amide bonds. The van der Waals surface area contributed by atoms with E-state index in [9.17, 15) is 9.59 Å². The monoisotopic (exact) mass is 322 g/mol. The highest BCUT2D eigenvalue weighted by Gasteiger charge is 2.36. The molecule has 1 aromatic carbocycles. The lowest BCUT2D eigenvalue weighted by molar-refractivity contribution is -0.133. The molecule has 0 saturated heterocycles. The van der Waals surface area contributed by atoms with E-state index in [0.717, 1.165) is 25.7 Å². The Morgan fingerprint density at radius 1 is 1.23 bits per heavy atom. The van der Waals surface area contributed by atoms with Crippen molar-refractivity contribution in [1.82, 2.24) is 5.32 Å². The van der Waals surface area contributed by atoms with Gasteiger partial charge in [0.05, 0.1) is 0 Å². The van der Waals surface area contributed by atoms with Crippen molar-refractivity contribution >= 4 is 23.4 Å². The third kappa shape index (κ3) is 3.80. The average Bonchev–Trinajstić information content (AvgIpc) is 2.76. The number of hydrogen-bond acceptors (Lipinski definition) is 2. The van der Waals surface area contributed by atoms with Crippen molar-refractivity contribution in [3.8, 4) is 0 Å². The lowest BCUT2D eigenvalue weighted by atomic mass is 9.89. The third-order valence-corrected chi connectivity index (χ3v) is 4.73. The SMILES string of the molecule is CC(NC(=O)C1CCCCCC1)(C(N)=O)c1cccc(Cl)c1. The van der Waals surface area contributed by atoms with Crippen LogP contribution in [0.25, 0.3) is 0 Å². The fraction of sp³-hybridized carbons (Fsp3) is 0.529. The molecule has 120 valence electrons. The van der Waals surface area contributed by atoms with Crippen LogP contribution in [-0.4, -0.2) is 11.8 Å². The molecule has 22 heavy (non-hydrogen) atoms. The van der Waals surface area contributed by atoms with Crippen LogP contribution in [0.2, 0.25) is 5.02 Å². The summed E-state index contributed by atoms with van der Waals surface area (Å²) in [7, 11) is 0. The first-order valence-corrected chi connectivity index (χ1v) is 8.19. The summed E-state index contributed by atoms with van der Waals surface area (Å²) in [5, 5.41) is 3.37. The summed E-state index contributed by atoms with van der Waals surface area (Å²) in [6.45, 7) is 1.63. The highest BCUT2D eigenvalue weighted by Crippen LogP contribution is 2.27. The standard InChI is InChI=1S/C17H23ClN2O2/c1-17(16(19)22,13-9-6-10-14(18)11-13)20-15(21)12-7-4-2-3-5-8-12/h6,9-12H,2-5,7-8H2,1H3,(H2,19,22)(H,20,21). The van der Waals surface area contributed by atoms with Crippen LogP contribution in [0.5, 0.6) is 0 Å². The van der Waals surface area contributed by atoms with Gasteiger partial charge in [0.15, 0.2) is 0 Å². The van der Waals surface area contributed by atoms with Gasteiger partial charge >= 0.3 is 0 Å². The topological polar surface area (TPSA) is 72.2 Å². The Kier molecular flexibility index (Phi) is 5.46. The molecular formula is C17H23ClN2O2. The van der Waals surface area contributed by atoms with Gasteiger partial charge in [-0.3, -0.25) is 9.59 Å². The first-order chi connectivity index (χ1) is 10.4. The van der Waals surface area contributed by atoms with Gasteiger partial charge in [0.1, 0.15) is 5.54 Å². The summed E-state index contributed by atoms with van der Waals surface area (Å²) in [5.74, 6) is -0.722. The fourth-order valence-electron chi connectivity index (χ4n) is 2.97. The van der Waals surface area contributed by atoms with Crippen molar-refractivity contribution in [2.24, 2.45) is 11.7 Å². The lowest BCUT2D eigenvalue weighted by Gasteiger charge is -2.30. The van der Waals surface area contributed by atoms with E-state index in [4.69, 9.17) is 17.3 Å². The number of nitrogens with one attached hydrogen (secondary N) is 1. The minimum atomic E-state index is -1.24. The number of amides is 2. The van der Waals surface area contributed by atoms with Crippen LogP contribution in [0, 0.1) is 5.92 Å². The van der Waals surface area contributed by atoms with Crippen molar-refractivity contribution in [1.29, 1.82) is 0 Å². The Morgan fingerprint density at radius 2 is 1.86 bits per heavy atom. The number of primary amides is 1. The maximum absolute atomic E-state index is 12.6. The normalized spacial score (nSPS) is 19.0. The van der Waals surface area contributed by atoms with E-state index in [2.05, 4.69) is 5.32 Å². The second kappa shape index (κ2) is 7.14. The van der Waals surface area contributed by atoms with Crippen LogP contribution in [-0.2, 0) is 15.1 Å². The summed E-state index contributed by atoms with van der Waals surface area (Å²) in [6, 6.07) is 6.89. The van der Waals surface area contributed by atoms with Gasteiger partial charge in [0.25, 0.3) is 0 Å². The van der Waals surface area contributed by atoms with Gasteiger partial charge in [-0.25, -0.2) is 0 Å². The maximum Gasteiger partial charge on any atom is 0.247 e. The first-order valence-electron chi connectivity index (χ1n) is 7.81. The van der Waals surface area contributed by atoms with Crippen molar-refractivity contribution in [2.75, 3.05) is 0 Å². The molecule has 1 aliphatic carbocycles. The molecule has 2 rings (SSSR count). The molecular weight excluding hydrogens is 300 g/mol. The lowest BCUT2D eigenvalue weighted by Crippen LogP contribution is -2.54. The Labute approximate surface area is 136 Å². The molecule has 0 radical (unpaired) electrons. The minimum Gasteiger partial charge on any atom is -0.367 e. The zero-order chi connectivity index (χ0) is 16.2. The molecule has 1 unspecified atom stereocenters. The highest BCUT2D eigenvalue weighted by molar-refractivity contribution is 6.30. The Bertz CT molecular complexity index is 553. The molecule has 1 aliphatic rings. The molecule has 1 atom stereocenters. The summed E-state index contributed by atoms with van der Waals surface area (Å²) < 4.78 is 0. The zero-order valence-corrected chi connectivity index (χ0v) is 13.7. The molecule has 0 spiro atoms. The molecule has 0 heterocycles. The number of benzene rings is 1. The zero-order valence-electron chi connectivity index (χ0n) is 12.9. The van der Waals surface area contributed by atoms with Gasteiger partial charge in [-0.2, -0.15) is 0 Å². The van der Waals surface area contributed by atoms with E-state index >= 15 is 0 Å². The third-order valence-electron chi connectivity index (χ3n) is 4.49.